The number of H-pyrrole nitrogens is 1. The van der Waals surface area contributed by atoms with Crippen LogP contribution < -0.4 is 14.9 Å². The first-order valence-corrected chi connectivity index (χ1v) is 11.3. The Morgan fingerprint density at radius 3 is 2.39 bits per heavy atom. The topological polar surface area (TPSA) is 105 Å². The molecule has 31 heavy (non-hydrogen) atoms. The second kappa shape index (κ2) is 8.95. The monoisotopic (exact) mass is 460 g/mol. The predicted molar refractivity (Wildman–Crippen MR) is 120 cm³/mol. The Bertz CT molecular complexity index is 1280. The van der Waals surface area contributed by atoms with Gasteiger partial charge in [0.2, 0.25) is 5.78 Å². The minimum atomic E-state index is -4.02. The molecule has 0 amide bonds. The average Bonchev–Trinajstić information content (AvgIpc) is 2.69. The highest BCUT2D eigenvalue weighted by Gasteiger charge is 2.23. The van der Waals surface area contributed by atoms with Crippen LogP contribution in [0.1, 0.15) is 35.5 Å². The molecule has 9 heteroatoms. The van der Waals surface area contributed by atoms with Gasteiger partial charge in [-0.25, -0.2) is 8.42 Å². The number of anilines is 1. The number of rotatable bonds is 7. The molecule has 0 aliphatic carbocycles. The van der Waals surface area contributed by atoms with Crippen LogP contribution in [0.2, 0.25) is 5.02 Å². The third-order valence-corrected chi connectivity index (χ3v) is 5.98. The van der Waals surface area contributed by atoms with Crippen LogP contribution in [-0.4, -0.2) is 25.3 Å². The highest BCUT2D eigenvalue weighted by atomic mass is 35.5. The molecular weight excluding hydrogens is 440 g/mol. The molecule has 1 heterocycles. The van der Waals surface area contributed by atoms with Gasteiger partial charge in [0.1, 0.15) is 5.75 Å². The number of pyridine rings is 1. The molecule has 0 aliphatic heterocycles. The number of halogens is 1. The third kappa shape index (κ3) is 5.15. The van der Waals surface area contributed by atoms with Gasteiger partial charge in [-0.05, 0) is 63.2 Å². The van der Waals surface area contributed by atoms with E-state index in [0.717, 1.165) is 0 Å². The van der Waals surface area contributed by atoms with Gasteiger partial charge in [0.25, 0.3) is 10.0 Å². The summed E-state index contributed by atoms with van der Waals surface area (Å²) in [5.74, 6) is -0.102. The fraction of sp³-hybridized carbons (Fsp3) is 0.182. The summed E-state index contributed by atoms with van der Waals surface area (Å²) >= 11 is 6.05. The molecule has 0 unspecified atom stereocenters. The molecule has 7 nitrogen and oxygen atoms in total. The lowest BCUT2D eigenvalue weighted by atomic mass is 10.0. The van der Waals surface area contributed by atoms with Crippen molar-refractivity contribution in [2.24, 2.45) is 0 Å². The molecule has 0 bridgehead atoms. The molecule has 0 aliphatic rings. The molecule has 2 N–H and O–H groups in total. The number of aryl methyl sites for hydroxylation is 1. The maximum absolute atomic E-state index is 13.1. The zero-order valence-corrected chi connectivity index (χ0v) is 18.7. The summed E-state index contributed by atoms with van der Waals surface area (Å²) in [6.45, 7) is 5.32. The van der Waals surface area contributed by atoms with Crippen LogP contribution in [-0.2, 0) is 10.0 Å². The lowest BCUT2D eigenvalue weighted by Gasteiger charge is -2.14. The fourth-order valence-corrected chi connectivity index (χ4v) is 4.22. The Morgan fingerprint density at radius 2 is 1.77 bits per heavy atom. The van der Waals surface area contributed by atoms with Gasteiger partial charge in [-0.1, -0.05) is 11.6 Å². The van der Waals surface area contributed by atoms with Crippen LogP contribution in [0.3, 0.4) is 0 Å². The number of aromatic nitrogens is 1. The van der Waals surface area contributed by atoms with Crippen LogP contribution in [0, 0.1) is 6.92 Å². The third-order valence-electron chi connectivity index (χ3n) is 4.36. The van der Waals surface area contributed by atoms with Gasteiger partial charge in [-0.2, -0.15) is 0 Å². The first kappa shape index (κ1) is 22.6. The molecule has 3 aromatic rings. The van der Waals surface area contributed by atoms with E-state index in [1.165, 1.54) is 42.6 Å². The normalized spacial score (nSPS) is 11.4. The van der Waals surface area contributed by atoms with E-state index in [2.05, 4.69) is 9.71 Å². The number of sulfonamides is 1. The van der Waals surface area contributed by atoms with Crippen molar-refractivity contribution in [1.82, 2.24) is 4.98 Å². The van der Waals surface area contributed by atoms with Gasteiger partial charge in [0.15, 0.2) is 5.43 Å². The summed E-state index contributed by atoms with van der Waals surface area (Å²) in [5, 5.41) is 0.228. The molecule has 0 fully saturated rings. The van der Waals surface area contributed by atoms with Gasteiger partial charge >= 0.3 is 0 Å². The highest BCUT2D eigenvalue weighted by Crippen LogP contribution is 2.26. The number of hydrogen-bond donors (Lipinski definition) is 2. The first-order chi connectivity index (χ1) is 14.6. The minimum Gasteiger partial charge on any atom is -0.491 e. The lowest BCUT2D eigenvalue weighted by molar-refractivity contribution is 0.103. The molecule has 0 radical (unpaired) electrons. The number of ketones is 1. The van der Waals surface area contributed by atoms with E-state index < -0.39 is 21.2 Å². The number of aromatic amines is 1. The largest absolute Gasteiger partial charge is 0.491 e. The molecule has 3 rings (SSSR count). The van der Waals surface area contributed by atoms with Gasteiger partial charge in [-0.3, -0.25) is 14.3 Å². The number of benzene rings is 2. The number of carbonyl (C=O) groups is 1. The quantitative estimate of drug-likeness (QED) is 0.515. The van der Waals surface area contributed by atoms with E-state index in [4.69, 9.17) is 16.3 Å². The minimum absolute atomic E-state index is 0.00862. The van der Waals surface area contributed by atoms with E-state index in [1.807, 2.05) is 13.8 Å². The van der Waals surface area contributed by atoms with Crippen molar-refractivity contribution in [3.8, 4) is 5.75 Å². The maximum atomic E-state index is 13.1. The second-order valence-electron chi connectivity index (χ2n) is 7.10. The van der Waals surface area contributed by atoms with Crippen molar-refractivity contribution in [1.29, 1.82) is 0 Å². The number of hydrogen-bond acceptors (Lipinski definition) is 5. The average molecular weight is 461 g/mol. The second-order valence-corrected chi connectivity index (χ2v) is 9.22. The van der Waals surface area contributed by atoms with Crippen LogP contribution in [0.15, 0.2) is 64.4 Å². The van der Waals surface area contributed by atoms with Gasteiger partial charge < -0.3 is 9.72 Å². The number of carbonyl (C=O) groups excluding carboxylic acids is 1. The molecule has 1 aromatic heterocycles. The molecule has 0 spiro atoms. The molecule has 162 valence electrons. The summed E-state index contributed by atoms with van der Waals surface area (Å²) in [7, 11) is -4.02. The van der Waals surface area contributed by atoms with Gasteiger partial charge in [-0.15, -0.1) is 0 Å². The fourth-order valence-electron chi connectivity index (χ4n) is 2.97. The Morgan fingerprint density at radius 1 is 1.10 bits per heavy atom. The lowest BCUT2D eigenvalue weighted by Crippen LogP contribution is -2.20. The van der Waals surface area contributed by atoms with Gasteiger partial charge in [0.05, 0.1) is 22.3 Å². The van der Waals surface area contributed by atoms with E-state index in [-0.39, 0.29) is 32.8 Å². The maximum Gasteiger partial charge on any atom is 0.261 e. The predicted octanol–water partition coefficient (Wildman–Crippen LogP) is 4.16. The van der Waals surface area contributed by atoms with Crippen molar-refractivity contribution in [3.63, 3.8) is 0 Å². The van der Waals surface area contributed by atoms with E-state index in [9.17, 15) is 18.0 Å². The summed E-state index contributed by atoms with van der Waals surface area (Å²) in [5.41, 5.74) is -0.210. The highest BCUT2D eigenvalue weighted by molar-refractivity contribution is 7.92. The Kier molecular flexibility index (Phi) is 6.52. The SMILES string of the molecule is Cc1[nH]ccc(=O)c1C(=O)c1cc(Cl)ccc1NS(=O)(=O)c1ccc(OC(C)C)cc1. The summed E-state index contributed by atoms with van der Waals surface area (Å²) in [4.78, 5) is 28.1. The molecule has 0 saturated carbocycles. The first-order valence-electron chi connectivity index (χ1n) is 9.40. The van der Waals surface area contributed by atoms with Crippen molar-refractivity contribution >= 4 is 33.1 Å². The smallest absolute Gasteiger partial charge is 0.261 e. The van der Waals surface area contributed by atoms with Crippen LogP contribution in [0.25, 0.3) is 0 Å². The molecule has 0 atom stereocenters. The number of nitrogens with one attached hydrogen (secondary N) is 2. The zero-order chi connectivity index (χ0) is 22.8. The van der Waals surface area contributed by atoms with Crippen molar-refractivity contribution < 1.29 is 17.9 Å². The van der Waals surface area contributed by atoms with E-state index in [0.29, 0.717) is 11.4 Å². The Hall–Kier alpha value is -3.10. The molecule has 0 saturated heterocycles. The van der Waals surface area contributed by atoms with E-state index in [1.54, 1.807) is 19.1 Å². The number of ether oxygens (including phenoxy) is 1. The van der Waals surface area contributed by atoms with Crippen LogP contribution >= 0.6 is 11.6 Å². The molecular formula is C22H21ClN2O5S. The summed E-state index contributed by atoms with van der Waals surface area (Å²) in [6, 6.07) is 11.3. The van der Waals surface area contributed by atoms with Gasteiger partial charge in [0, 0.05) is 28.5 Å². The Balaban J connectivity index is 1.99. The van der Waals surface area contributed by atoms with Crippen molar-refractivity contribution in [2.45, 2.75) is 31.8 Å². The van der Waals surface area contributed by atoms with Crippen LogP contribution in [0.5, 0.6) is 5.75 Å². The van der Waals surface area contributed by atoms with E-state index >= 15 is 0 Å². The zero-order valence-electron chi connectivity index (χ0n) is 17.1. The molecule has 2 aromatic carbocycles. The summed E-state index contributed by atoms with van der Waals surface area (Å²) in [6.07, 6.45) is 1.38. The van der Waals surface area contributed by atoms with Crippen molar-refractivity contribution in [3.05, 3.63) is 86.8 Å². The Labute approximate surface area is 185 Å². The summed E-state index contributed by atoms with van der Waals surface area (Å²) < 4.78 is 33.8. The van der Waals surface area contributed by atoms with Crippen LogP contribution in [0.4, 0.5) is 5.69 Å². The van der Waals surface area contributed by atoms with Crippen molar-refractivity contribution in [2.75, 3.05) is 4.72 Å². The standard InChI is InChI=1S/C22H21ClN2O5S/c1-13(2)30-16-5-7-17(8-6-16)31(28,29)25-19-9-4-15(23)12-18(19)22(27)21-14(3)24-11-10-20(21)26/h4-13,25H,1-3H3,(H,24,26).